The molecular weight excluding hydrogens is 264 g/mol. The van der Waals surface area contributed by atoms with Crippen LogP contribution < -0.4 is 5.73 Å². The Hall–Kier alpha value is -2.91. The monoisotopic (exact) mass is 269 g/mol. The molecule has 1 heterocycles. The van der Waals surface area contributed by atoms with Crippen LogP contribution in [0.15, 0.2) is 12.1 Å². The minimum absolute atomic E-state index is 0.326. The Morgan fingerprint density at radius 3 is 2.58 bits per heavy atom. The maximum Gasteiger partial charge on any atom is 0.305 e. The molecule has 19 heavy (non-hydrogen) atoms. The van der Waals surface area contributed by atoms with Gasteiger partial charge in [0.2, 0.25) is 5.82 Å². The van der Waals surface area contributed by atoms with Crippen molar-refractivity contribution in [1.29, 1.82) is 0 Å². The average Bonchev–Trinajstić information content (AvgIpc) is 2.77. The number of carbonyl (C=O) groups is 1. The summed E-state index contributed by atoms with van der Waals surface area (Å²) < 4.78 is 26.8. The van der Waals surface area contributed by atoms with Crippen LogP contribution in [0.3, 0.4) is 0 Å². The highest BCUT2D eigenvalue weighted by molar-refractivity contribution is 5.96. The van der Waals surface area contributed by atoms with Gasteiger partial charge in [-0.3, -0.25) is 14.9 Å². The molecule has 98 valence electrons. The Morgan fingerprint density at radius 1 is 1.32 bits per heavy atom. The SMILES string of the molecule is NC(=O)c1n[nH]nc1-c1cc([N+](=O)[O-])c(F)cc1F. The fourth-order valence-electron chi connectivity index (χ4n) is 1.45. The summed E-state index contributed by atoms with van der Waals surface area (Å²) in [4.78, 5) is 20.6. The van der Waals surface area contributed by atoms with E-state index in [1.165, 1.54) is 0 Å². The molecule has 10 heteroatoms. The smallest absolute Gasteiger partial charge is 0.305 e. The minimum atomic E-state index is -1.34. The van der Waals surface area contributed by atoms with Gasteiger partial charge in [-0.1, -0.05) is 0 Å². The number of aromatic nitrogens is 3. The predicted octanol–water partition coefficient (Wildman–Crippen LogP) is 0.757. The van der Waals surface area contributed by atoms with Gasteiger partial charge in [0, 0.05) is 17.7 Å². The van der Waals surface area contributed by atoms with Crippen LogP contribution >= 0.6 is 0 Å². The van der Waals surface area contributed by atoms with E-state index in [0.29, 0.717) is 12.1 Å². The molecule has 1 aromatic heterocycles. The van der Waals surface area contributed by atoms with E-state index in [-0.39, 0.29) is 5.69 Å². The molecule has 1 aromatic carbocycles. The van der Waals surface area contributed by atoms with Crippen molar-refractivity contribution in [3.63, 3.8) is 0 Å². The highest BCUT2D eigenvalue weighted by Crippen LogP contribution is 2.29. The summed E-state index contributed by atoms with van der Waals surface area (Å²) in [6, 6.07) is 0.946. The Kier molecular flexibility index (Phi) is 2.91. The number of hydrogen-bond acceptors (Lipinski definition) is 5. The summed E-state index contributed by atoms with van der Waals surface area (Å²) in [5, 5.41) is 19.5. The molecule has 0 radical (unpaired) electrons. The lowest BCUT2D eigenvalue weighted by molar-refractivity contribution is -0.387. The van der Waals surface area contributed by atoms with Crippen LogP contribution in [0, 0.1) is 21.7 Å². The molecular formula is C9H5F2N5O3. The Bertz CT molecular complexity index is 684. The molecule has 0 bridgehead atoms. The Balaban J connectivity index is 2.68. The Morgan fingerprint density at radius 2 is 2.00 bits per heavy atom. The number of nitro benzene ring substituents is 1. The number of aromatic amines is 1. The van der Waals surface area contributed by atoms with Crippen molar-refractivity contribution in [1.82, 2.24) is 15.4 Å². The number of rotatable bonds is 3. The van der Waals surface area contributed by atoms with Crippen LogP contribution in [0.25, 0.3) is 11.3 Å². The van der Waals surface area contributed by atoms with Gasteiger partial charge in [0.15, 0.2) is 5.69 Å². The molecule has 2 aromatic rings. The summed E-state index contributed by atoms with van der Waals surface area (Å²) in [6.07, 6.45) is 0. The van der Waals surface area contributed by atoms with Crippen molar-refractivity contribution < 1.29 is 18.5 Å². The van der Waals surface area contributed by atoms with Gasteiger partial charge in [0.05, 0.1) is 4.92 Å². The molecule has 0 fully saturated rings. The molecule has 0 aliphatic carbocycles. The topological polar surface area (TPSA) is 128 Å². The summed E-state index contributed by atoms with van der Waals surface area (Å²) in [7, 11) is 0. The number of hydrogen-bond donors (Lipinski definition) is 2. The highest BCUT2D eigenvalue weighted by Gasteiger charge is 2.24. The average molecular weight is 269 g/mol. The highest BCUT2D eigenvalue weighted by atomic mass is 19.1. The zero-order valence-corrected chi connectivity index (χ0v) is 9.05. The number of H-pyrrole nitrogens is 1. The summed E-state index contributed by atoms with van der Waals surface area (Å²) in [5.74, 6) is -3.47. The molecule has 2 rings (SSSR count). The van der Waals surface area contributed by atoms with E-state index in [1.807, 2.05) is 5.21 Å². The van der Waals surface area contributed by atoms with Gasteiger partial charge in [-0.05, 0) is 0 Å². The summed E-state index contributed by atoms with van der Waals surface area (Å²) in [6.45, 7) is 0. The van der Waals surface area contributed by atoms with Crippen LogP contribution in [0.4, 0.5) is 14.5 Å². The van der Waals surface area contributed by atoms with Crippen LogP contribution in [0.1, 0.15) is 10.5 Å². The fraction of sp³-hybridized carbons (Fsp3) is 0. The predicted molar refractivity (Wildman–Crippen MR) is 56.9 cm³/mol. The molecule has 3 N–H and O–H groups in total. The number of nitro groups is 1. The number of nitrogens with zero attached hydrogens (tertiary/aromatic N) is 3. The van der Waals surface area contributed by atoms with Gasteiger partial charge in [0.1, 0.15) is 11.5 Å². The Labute approximate surface area is 103 Å². The number of halogens is 2. The number of nitrogens with two attached hydrogens (primary N) is 1. The second-order valence-corrected chi connectivity index (χ2v) is 3.43. The van der Waals surface area contributed by atoms with E-state index < -0.39 is 39.4 Å². The number of amides is 1. The normalized spacial score (nSPS) is 10.4. The maximum atomic E-state index is 13.6. The largest absolute Gasteiger partial charge is 0.364 e. The zero-order chi connectivity index (χ0) is 14.2. The van der Waals surface area contributed by atoms with E-state index in [2.05, 4.69) is 10.2 Å². The number of nitrogens with one attached hydrogen (secondary N) is 1. The van der Waals surface area contributed by atoms with E-state index >= 15 is 0 Å². The van der Waals surface area contributed by atoms with Gasteiger partial charge in [-0.25, -0.2) is 4.39 Å². The molecule has 8 nitrogen and oxygen atoms in total. The second-order valence-electron chi connectivity index (χ2n) is 3.43. The lowest BCUT2D eigenvalue weighted by Crippen LogP contribution is -2.13. The first-order valence-corrected chi connectivity index (χ1v) is 4.76. The molecule has 0 aliphatic rings. The molecule has 1 amide bonds. The van der Waals surface area contributed by atoms with Crippen molar-refractivity contribution in [3.8, 4) is 11.3 Å². The van der Waals surface area contributed by atoms with E-state index in [1.54, 1.807) is 0 Å². The van der Waals surface area contributed by atoms with Crippen LogP contribution in [-0.2, 0) is 0 Å². The number of benzene rings is 1. The van der Waals surface area contributed by atoms with Gasteiger partial charge in [-0.15, -0.1) is 0 Å². The van der Waals surface area contributed by atoms with E-state index in [0.717, 1.165) is 0 Å². The number of primary amides is 1. The molecule has 0 saturated heterocycles. The van der Waals surface area contributed by atoms with Crippen molar-refractivity contribution >= 4 is 11.6 Å². The van der Waals surface area contributed by atoms with Gasteiger partial charge in [-0.2, -0.15) is 19.8 Å². The fourth-order valence-corrected chi connectivity index (χ4v) is 1.45. The lowest BCUT2D eigenvalue weighted by atomic mass is 10.1. The van der Waals surface area contributed by atoms with Gasteiger partial charge >= 0.3 is 5.69 Å². The first-order valence-electron chi connectivity index (χ1n) is 4.76. The summed E-state index contributed by atoms with van der Waals surface area (Å²) in [5.41, 5.74) is 2.86. The maximum absolute atomic E-state index is 13.6. The van der Waals surface area contributed by atoms with Gasteiger partial charge < -0.3 is 5.73 Å². The van der Waals surface area contributed by atoms with Crippen molar-refractivity contribution in [2.75, 3.05) is 0 Å². The first-order chi connectivity index (χ1) is 8.91. The third-order valence-electron chi connectivity index (χ3n) is 2.27. The molecule has 0 aliphatic heterocycles. The minimum Gasteiger partial charge on any atom is -0.364 e. The van der Waals surface area contributed by atoms with Crippen molar-refractivity contribution in [2.45, 2.75) is 0 Å². The van der Waals surface area contributed by atoms with E-state index in [4.69, 9.17) is 5.73 Å². The second kappa shape index (κ2) is 4.40. The standard InChI is InChI=1S/C9H5F2N5O3/c10-4-2-5(11)6(16(18)19)1-3(4)7-8(9(12)17)14-15-13-7/h1-2H,(H2,12,17)(H,13,14,15). The van der Waals surface area contributed by atoms with Crippen molar-refractivity contribution in [3.05, 3.63) is 39.6 Å². The summed E-state index contributed by atoms with van der Waals surface area (Å²) >= 11 is 0. The quantitative estimate of drug-likeness (QED) is 0.627. The molecule has 0 spiro atoms. The molecule has 0 unspecified atom stereocenters. The van der Waals surface area contributed by atoms with E-state index in [9.17, 15) is 23.7 Å². The van der Waals surface area contributed by atoms with Crippen LogP contribution in [0.2, 0.25) is 0 Å². The van der Waals surface area contributed by atoms with Gasteiger partial charge in [0.25, 0.3) is 5.91 Å². The molecule has 0 saturated carbocycles. The first kappa shape index (κ1) is 12.5. The third-order valence-corrected chi connectivity index (χ3v) is 2.27. The molecule has 0 atom stereocenters. The zero-order valence-electron chi connectivity index (χ0n) is 9.05. The van der Waals surface area contributed by atoms with Crippen LogP contribution in [0.5, 0.6) is 0 Å². The lowest BCUT2D eigenvalue weighted by Gasteiger charge is -2.01. The van der Waals surface area contributed by atoms with Crippen LogP contribution in [-0.4, -0.2) is 26.2 Å². The number of carbonyl (C=O) groups excluding carboxylic acids is 1. The third kappa shape index (κ3) is 2.10. The van der Waals surface area contributed by atoms with Crippen molar-refractivity contribution in [2.24, 2.45) is 5.73 Å².